The first kappa shape index (κ1) is 14.0. The van der Waals surface area contributed by atoms with Crippen LogP contribution in [0.25, 0.3) is 0 Å². The molecule has 0 saturated carbocycles. The number of sulfonamides is 1. The summed E-state index contributed by atoms with van der Waals surface area (Å²) in [6.07, 6.45) is 0. The maximum atomic E-state index is 12.4. The van der Waals surface area contributed by atoms with Crippen LogP contribution in [-0.2, 0) is 16.6 Å². The number of aromatic amines is 1. The Morgan fingerprint density at radius 3 is 2.58 bits per heavy atom. The third-order valence-electron chi connectivity index (χ3n) is 2.78. The first-order valence-electron chi connectivity index (χ1n) is 5.69. The van der Waals surface area contributed by atoms with Crippen LogP contribution in [0.5, 0.6) is 0 Å². The van der Waals surface area contributed by atoms with Gasteiger partial charge in [0.1, 0.15) is 4.90 Å². The van der Waals surface area contributed by atoms with Crippen molar-refractivity contribution >= 4 is 27.0 Å². The van der Waals surface area contributed by atoms with Gasteiger partial charge in [-0.25, -0.2) is 8.42 Å². The third kappa shape index (κ3) is 2.65. The van der Waals surface area contributed by atoms with Gasteiger partial charge in [0.05, 0.1) is 17.1 Å². The summed E-state index contributed by atoms with van der Waals surface area (Å²) in [5, 5.41) is 6.72. The van der Waals surface area contributed by atoms with E-state index >= 15 is 0 Å². The summed E-state index contributed by atoms with van der Waals surface area (Å²) < 4.78 is 27.3. The van der Waals surface area contributed by atoms with E-state index in [9.17, 15) is 8.42 Å². The number of rotatable bonds is 4. The number of nitrogens with zero attached hydrogens (tertiary/aromatic N) is 1. The van der Waals surface area contributed by atoms with E-state index in [2.05, 4.69) is 14.9 Å². The lowest BCUT2D eigenvalue weighted by atomic mass is 10.3. The Labute approximate surface area is 116 Å². The largest absolute Gasteiger partial charge is 0.326 e. The van der Waals surface area contributed by atoms with Gasteiger partial charge in [0.2, 0.25) is 0 Å². The van der Waals surface area contributed by atoms with Gasteiger partial charge >= 0.3 is 0 Å². The average molecular weight is 300 g/mol. The molecular weight excluding hydrogens is 284 g/mol. The van der Waals surface area contributed by atoms with Crippen LogP contribution in [0.3, 0.4) is 0 Å². The van der Waals surface area contributed by atoms with Gasteiger partial charge in [-0.3, -0.25) is 9.82 Å². The van der Waals surface area contributed by atoms with Gasteiger partial charge in [0, 0.05) is 16.3 Å². The molecule has 2 rings (SSSR count). The van der Waals surface area contributed by atoms with E-state index in [1.807, 2.05) is 0 Å². The predicted molar refractivity (Wildman–Crippen MR) is 75.8 cm³/mol. The highest BCUT2D eigenvalue weighted by Gasteiger charge is 2.22. The van der Waals surface area contributed by atoms with Crippen molar-refractivity contribution in [1.29, 1.82) is 0 Å². The Hall–Kier alpha value is -1.38. The number of H-pyrrole nitrogens is 1. The summed E-state index contributed by atoms with van der Waals surface area (Å²) in [6, 6.07) is 1.62. The van der Waals surface area contributed by atoms with Crippen LogP contribution >= 0.6 is 11.3 Å². The molecule has 0 aliphatic heterocycles. The Balaban J connectivity index is 2.40. The van der Waals surface area contributed by atoms with E-state index in [1.54, 1.807) is 26.8 Å². The van der Waals surface area contributed by atoms with Crippen LogP contribution in [-0.4, -0.2) is 18.6 Å². The first-order chi connectivity index (χ1) is 8.85. The van der Waals surface area contributed by atoms with Crippen molar-refractivity contribution in [2.24, 2.45) is 5.73 Å². The molecule has 2 heterocycles. The quantitative estimate of drug-likeness (QED) is 0.799. The molecule has 0 aliphatic carbocycles. The van der Waals surface area contributed by atoms with Crippen molar-refractivity contribution in [3.05, 3.63) is 27.2 Å². The standard InChI is InChI=1S/C11H16N4O2S2/c1-6-11(7(2)14-13-6)15-19(16,17)10-4-9(5-12)18-8(10)3/h4,15H,5,12H2,1-3H3,(H,13,14). The van der Waals surface area contributed by atoms with Crippen LogP contribution in [0.15, 0.2) is 11.0 Å². The zero-order valence-corrected chi connectivity index (χ0v) is 12.6. The van der Waals surface area contributed by atoms with E-state index in [4.69, 9.17) is 5.73 Å². The molecule has 19 heavy (non-hydrogen) atoms. The number of anilines is 1. The van der Waals surface area contributed by atoms with Crippen molar-refractivity contribution in [3.63, 3.8) is 0 Å². The van der Waals surface area contributed by atoms with Crippen LogP contribution in [0.2, 0.25) is 0 Å². The van der Waals surface area contributed by atoms with Gasteiger partial charge in [-0.05, 0) is 26.8 Å². The van der Waals surface area contributed by atoms with Crippen molar-refractivity contribution in [2.75, 3.05) is 4.72 Å². The molecule has 0 bridgehead atoms. The molecular formula is C11H16N4O2S2. The van der Waals surface area contributed by atoms with Crippen molar-refractivity contribution < 1.29 is 8.42 Å². The van der Waals surface area contributed by atoms with Gasteiger partial charge in [-0.15, -0.1) is 11.3 Å². The molecule has 8 heteroatoms. The molecule has 0 saturated heterocycles. The monoisotopic (exact) mass is 300 g/mol. The summed E-state index contributed by atoms with van der Waals surface area (Å²) in [5.74, 6) is 0. The first-order valence-corrected chi connectivity index (χ1v) is 7.99. The zero-order valence-electron chi connectivity index (χ0n) is 10.9. The van der Waals surface area contributed by atoms with Gasteiger partial charge in [0.15, 0.2) is 0 Å². The fraction of sp³-hybridized carbons (Fsp3) is 0.364. The molecule has 6 nitrogen and oxygen atoms in total. The van der Waals surface area contributed by atoms with E-state index < -0.39 is 10.0 Å². The zero-order chi connectivity index (χ0) is 14.2. The van der Waals surface area contributed by atoms with Crippen LogP contribution in [0, 0.1) is 20.8 Å². The van der Waals surface area contributed by atoms with E-state index in [0.29, 0.717) is 23.6 Å². The maximum absolute atomic E-state index is 12.4. The highest BCUT2D eigenvalue weighted by atomic mass is 32.2. The van der Waals surface area contributed by atoms with Crippen molar-refractivity contribution in [1.82, 2.24) is 10.2 Å². The molecule has 0 aliphatic rings. The van der Waals surface area contributed by atoms with Gasteiger partial charge in [-0.1, -0.05) is 0 Å². The molecule has 0 radical (unpaired) electrons. The second kappa shape index (κ2) is 4.95. The average Bonchev–Trinajstić information content (AvgIpc) is 2.87. The Kier molecular flexibility index (Phi) is 3.66. The molecule has 0 atom stereocenters. The Morgan fingerprint density at radius 1 is 1.42 bits per heavy atom. The SMILES string of the molecule is Cc1n[nH]c(C)c1NS(=O)(=O)c1cc(CN)sc1C. The minimum absolute atomic E-state index is 0.276. The molecule has 4 N–H and O–H groups in total. The molecule has 104 valence electrons. The van der Waals surface area contributed by atoms with Gasteiger partial charge < -0.3 is 5.73 Å². The van der Waals surface area contributed by atoms with Gasteiger partial charge in [-0.2, -0.15) is 5.10 Å². The Morgan fingerprint density at radius 2 is 2.11 bits per heavy atom. The number of hydrogen-bond donors (Lipinski definition) is 3. The summed E-state index contributed by atoms with van der Waals surface area (Å²) in [6.45, 7) is 5.62. The predicted octanol–water partition coefficient (Wildman–Crippen LogP) is 1.66. The smallest absolute Gasteiger partial charge is 0.263 e. The highest BCUT2D eigenvalue weighted by Crippen LogP contribution is 2.28. The molecule has 0 fully saturated rings. The van der Waals surface area contributed by atoms with Crippen LogP contribution in [0.1, 0.15) is 21.1 Å². The molecule has 0 amide bonds. The lowest BCUT2D eigenvalue weighted by molar-refractivity contribution is 0.601. The number of aromatic nitrogens is 2. The fourth-order valence-corrected chi connectivity index (χ4v) is 4.48. The second-order valence-electron chi connectivity index (χ2n) is 4.25. The molecule has 0 spiro atoms. The molecule has 2 aromatic heterocycles. The normalized spacial score (nSPS) is 11.8. The van der Waals surface area contributed by atoms with Gasteiger partial charge in [0.25, 0.3) is 10.0 Å². The van der Waals surface area contributed by atoms with Crippen LogP contribution < -0.4 is 10.5 Å². The number of nitrogens with one attached hydrogen (secondary N) is 2. The van der Waals surface area contributed by atoms with Crippen molar-refractivity contribution in [2.45, 2.75) is 32.2 Å². The molecule has 2 aromatic rings. The lowest BCUT2D eigenvalue weighted by Gasteiger charge is -2.07. The highest BCUT2D eigenvalue weighted by molar-refractivity contribution is 7.93. The molecule has 0 aromatic carbocycles. The summed E-state index contributed by atoms with van der Waals surface area (Å²) in [4.78, 5) is 1.85. The van der Waals surface area contributed by atoms with E-state index in [-0.39, 0.29) is 4.90 Å². The Bertz CT molecular complexity index is 681. The number of aryl methyl sites for hydroxylation is 3. The summed E-state index contributed by atoms with van der Waals surface area (Å²) in [7, 11) is -3.60. The number of thiophene rings is 1. The maximum Gasteiger partial charge on any atom is 0.263 e. The summed E-state index contributed by atoms with van der Waals surface area (Å²) >= 11 is 1.39. The summed E-state index contributed by atoms with van der Waals surface area (Å²) in [5.41, 5.74) is 7.35. The van der Waals surface area contributed by atoms with E-state index in [1.165, 1.54) is 11.3 Å². The number of nitrogens with two attached hydrogens (primary N) is 1. The molecule has 0 unspecified atom stereocenters. The van der Waals surface area contributed by atoms with E-state index in [0.717, 1.165) is 9.75 Å². The van der Waals surface area contributed by atoms with Crippen molar-refractivity contribution in [3.8, 4) is 0 Å². The van der Waals surface area contributed by atoms with Crippen LogP contribution in [0.4, 0.5) is 5.69 Å². The fourth-order valence-electron chi connectivity index (χ4n) is 1.78. The minimum Gasteiger partial charge on any atom is -0.326 e. The topological polar surface area (TPSA) is 101 Å². The lowest BCUT2D eigenvalue weighted by Crippen LogP contribution is -2.14. The second-order valence-corrected chi connectivity index (χ2v) is 7.24. The number of hydrogen-bond acceptors (Lipinski definition) is 5. The minimum atomic E-state index is -3.60. The third-order valence-corrected chi connectivity index (χ3v) is 5.46.